The molecule has 3 heterocycles. The number of phenolic OH excluding ortho intramolecular Hbond substituents is 1. The Morgan fingerprint density at radius 1 is 0.755 bits per heavy atom. The lowest BCUT2D eigenvalue weighted by atomic mass is 10.0. The molecule has 9 N–H and O–H groups in total. The van der Waals surface area contributed by atoms with Crippen molar-refractivity contribution >= 4 is 52.3 Å². The molecular formula is C36H44N8O9. The van der Waals surface area contributed by atoms with Crippen LogP contribution in [-0.2, 0) is 40.0 Å². The minimum absolute atomic E-state index is 0.0334. The van der Waals surface area contributed by atoms with Crippen molar-refractivity contribution in [2.75, 3.05) is 26.2 Å². The average Bonchev–Trinajstić information content (AvgIpc) is 3.80. The molecule has 282 valence electrons. The molecule has 1 aromatic heterocycles. The van der Waals surface area contributed by atoms with E-state index in [9.17, 15) is 43.8 Å². The Hall–Kier alpha value is -5.97. The summed E-state index contributed by atoms with van der Waals surface area (Å²) in [5.41, 5.74) is 1.68. The molecule has 5 rings (SSSR count). The number of fused-ring (bicyclic) bond motifs is 2. The Kier molecular flexibility index (Phi) is 12.3. The van der Waals surface area contributed by atoms with Crippen molar-refractivity contribution in [1.29, 1.82) is 0 Å². The lowest BCUT2D eigenvalue weighted by molar-refractivity contribution is -0.141. The number of aliphatic hydroxyl groups excluding tert-OH is 1. The van der Waals surface area contributed by atoms with E-state index in [1.165, 1.54) is 29.2 Å². The highest BCUT2D eigenvalue weighted by atomic mass is 16.3. The summed E-state index contributed by atoms with van der Waals surface area (Å²) < 4.78 is 0. The van der Waals surface area contributed by atoms with Gasteiger partial charge in [-0.3, -0.25) is 33.6 Å². The third-order valence-electron chi connectivity index (χ3n) is 9.26. The monoisotopic (exact) mass is 732 g/mol. The van der Waals surface area contributed by atoms with Gasteiger partial charge in [-0.2, -0.15) is 0 Å². The number of aromatic hydroxyl groups is 1. The first-order chi connectivity index (χ1) is 25.3. The molecule has 17 nitrogen and oxygen atoms in total. The van der Waals surface area contributed by atoms with Gasteiger partial charge >= 0.3 is 0 Å². The van der Waals surface area contributed by atoms with E-state index < -0.39 is 97.2 Å². The molecule has 2 aromatic carbocycles. The summed E-state index contributed by atoms with van der Waals surface area (Å²) in [6.07, 6.45) is 0.903. The number of nitrogens with zero attached hydrogens (tertiary/aromatic N) is 1. The maximum absolute atomic E-state index is 14.1. The van der Waals surface area contributed by atoms with Gasteiger partial charge in [-0.25, -0.2) is 0 Å². The highest BCUT2D eigenvalue weighted by Crippen LogP contribution is 2.23. The number of hydrogen-bond acceptors (Lipinski definition) is 9. The fourth-order valence-corrected chi connectivity index (χ4v) is 6.44. The van der Waals surface area contributed by atoms with E-state index in [4.69, 9.17) is 0 Å². The summed E-state index contributed by atoms with van der Waals surface area (Å²) in [7, 11) is 0. The zero-order valence-corrected chi connectivity index (χ0v) is 29.3. The third-order valence-corrected chi connectivity index (χ3v) is 9.26. The predicted octanol–water partition coefficient (Wildman–Crippen LogP) is -1.39. The number of benzene rings is 2. The van der Waals surface area contributed by atoms with Gasteiger partial charge < -0.3 is 52.0 Å². The normalized spacial score (nSPS) is 23.5. The minimum atomic E-state index is -1.67. The summed E-state index contributed by atoms with van der Waals surface area (Å²) in [5, 5.41) is 36.7. The molecular weight excluding hydrogens is 688 g/mol. The minimum Gasteiger partial charge on any atom is -0.508 e. The van der Waals surface area contributed by atoms with Gasteiger partial charge in [0.05, 0.1) is 19.6 Å². The Morgan fingerprint density at radius 2 is 1.34 bits per heavy atom. The summed E-state index contributed by atoms with van der Waals surface area (Å²) >= 11 is 0. The predicted molar refractivity (Wildman–Crippen MR) is 189 cm³/mol. The van der Waals surface area contributed by atoms with Gasteiger partial charge in [-0.1, -0.05) is 44.2 Å². The Morgan fingerprint density at radius 3 is 2.00 bits per heavy atom. The van der Waals surface area contributed by atoms with Gasteiger partial charge in [-0.05, 0) is 48.1 Å². The summed E-state index contributed by atoms with van der Waals surface area (Å²) in [4.78, 5) is 97.9. The number of carbonyl (C=O) groups is 7. The maximum Gasteiger partial charge on any atom is 0.246 e. The van der Waals surface area contributed by atoms with Crippen LogP contribution in [0.3, 0.4) is 0 Å². The van der Waals surface area contributed by atoms with Crippen molar-refractivity contribution in [2.24, 2.45) is 5.92 Å². The number of amides is 7. The molecule has 0 bridgehead atoms. The molecule has 17 heteroatoms. The number of carbonyl (C=O) groups excluding carboxylic acids is 7. The first kappa shape index (κ1) is 38.3. The van der Waals surface area contributed by atoms with Crippen molar-refractivity contribution in [3.05, 3.63) is 65.9 Å². The number of aromatic nitrogens is 1. The van der Waals surface area contributed by atoms with Gasteiger partial charge in [0.15, 0.2) is 0 Å². The van der Waals surface area contributed by atoms with Crippen molar-refractivity contribution in [2.45, 2.75) is 63.4 Å². The summed E-state index contributed by atoms with van der Waals surface area (Å²) in [6, 6.07) is 7.76. The van der Waals surface area contributed by atoms with Gasteiger partial charge in [0.1, 0.15) is 36.0 Å². The second-order valence-electron chi connectivity index (χ2n) is 13.4. The highest BCUT2D eigenvalue weighted by Gasteiger charge is 2.39. The van der Waals surface area contributed by atoms with Crippen LogP contribution in [-0.4, -0.2) is 112 Å². The van der Waals surface area contributed by atoms with Gasteiger partial charge in [-0.15, -0.1) is 0 Å². The Balaban J connectivity index is 1.44. The summed E-state index contributed by atoms with van der Waals surface area (Å²) in [5.74, 6) is -5.68. The van der Waals surface area contributed by atoms with E-state index >= 15 is 0 Å². The third kappa shape index (κ3) is 9.48. The number of hydrogen-bond donors (Lipinski definition) is 9. The number of para-hydroxylation sites is 1. The molecule has 2 fully saturated rings. The number of aliphatic hydroxyl groups is 1. The first-order valence-electron chi connectivity index (χ1n) is 17.4. The summed E-state index contributed by atoms with van der Waals surface area (Å²) in [6.45, 7) is 1.76. The van der Waals surface area contributed by atoms with Crippen molar-refractivity contribution in [1.82, 2.24) is 41.8 Å². The van der Waals surface area contributed by atoms with Gasteiger partial charge in [0, 0.05) is 30.1 Å². The van der Waals surface area contributed by atoms with Crippen LogP contribution in [0.15, 0.2) is 54.7 Å². The average molecular weight is 733 g/mol. The van der Waals surface area contributed by atoms with E-state index in [0.717, 1.165) is 10.9 Å². The van der Waals surface area contributed by atoms with Crippen LogP contribution < -0.4 is 31.9 Å². The zero-order chi connectivity index (χ0) is 38.2. The number of H-pyrrole nitrogens is 1. The van der Waals surface area contributed by atoms with Crippen molar-refractivity contribution < 1.29 is 43.8 Å². The molecule has 0 saturated carbocycles. The number of aromatic amines is 1. The number of nitrogens with one attached hydrogen (secondary N) is 7. The lowest BCUT2D eigenvalue weighted by Gasteiger charge is -2.29. The van der Waals surface area contributed by atoms with Gasteiger partial charge in [0.25, 0.3) is 0 Å². The Bertz CT molecular complexity index is 1860. The van der Waals surface area contributed by atoms with Crippen LogP contribution in [0.2, 0.25) is 0 Å². The maximum atomic E-state index is 14.1. The fraction of sp³-hybridized carbons (Fsp3) is 0.417. The van der Waals surface area contributed by atoms with Crippen LogP contribution in [0.1, 0.15) is 43.9 Å². The second kappa shape index (κ2) is 17.0. The molecule has 5 atom stereocenters. The van der Waals surface area contributed by atoms with Crippen molar-refractivity contribution in [3.63, 3.8) is 0 Å². The van der Waals surface area contributed by atoms with Crippen LogP contribution in [0.25, 0.3) is 10.9 Å². The van der Waals surface area contributed by atoms with E-state index in [-0.39, 0.29) is 24.3 Å². The van der Waals surface area contributed by atoms with Crippen molar-refractivity contribution in [3.8, 4) is 5.75 Å². The van der Waals surface area contributed by atoms with Gasteiger partial charge in [0.2, 0.25) is 41.4 Å². The largest absolute Gasteiger partial charge is 0.508 e. The van der Waals surface area contributed by atoms with Crippen LogP contribution in [0.4, 0.5) is 0 Å². The quantitative estimate of drug-likeness (QED) is 0.150. The first-order valence-corrected chi connectivity index (χ1v) is 17.4. The number of rotatable bonds is 5. The zero-order valence-electron chi connectivity index (χ0n) is 29.3. The SMILES string of the molecule is CC(C)[C@H]1NC(=O)CNC(=O)[C@H]2CCCN2C(=O)[C@@H](Cc2c[nH]c3ccccc23)NC(=O)CNC(=O)[C@H]([C@H](O)c2ccc(O)cc2)NC(=O)CNC1=O. The molecule has 3 aromatic rings. The molecule has 0 unspecified atom stereocenters. The highest BCUT2D eigenvalue weighted by molar-refractivity contribution is 5.97. The Labute approximate surface area is 304 Å². The standard InChI is InChI=1S/C36H44N8O9/c1-19(2)30-34(51)39-18-29(48)43-31(32(49)20-9-11-22(45)12-10-20)35(52)40-16-27(46)41-25(14-21-15-37-24-7-4-3-6-23(21)24)36(53)44-13-5-8-26(44)33(50)38-17-28(47)42-30/h3-4,6-7,9-12,15,19,25-26,30-32,37,45,49H,5,8,13-14,16-18H2,1-2H3,(H,38,50)(H,39,51)(H,40,52)(H,41,46)(H,42,47)(H,43,48)/t25-,26-,30-,31+,32-/m1/s1. The van der Waals surface area contributed by atoms with Crippen LogP contribution in [0, 0.1) is 5.92 Å². The molecule has 2 aliphatic heterocycles. The second-order valence-corrected chi connectivity index (χ2v) is 13.4. The number of phenols is 1. The molecule has 2 aliphatic rings. The topological polar surface area (TPSA) is 251 Å². The van der Waals surface area contributed by atoms with E-state index in [1.54, 1.807) is 20.0 Å². The molecule has 0 aliphatic carbocycles. The molecule has 0 spiro atoms. The molecule has 2 saturated heterocycles. The lowest BCUT2D eigenvalue weighted by Crippen LogP contribution is -2.56. The van der Waals surface area contributed by atoms with Crippen LogP contribution in [0.5, 0.6) is 5.75 Å². The van der Waals surface area contributed by atoms with E-state index in [0.29, 0.717) is 18.4 Å². The molecule has 7 amide bonds. The smallest absolute Gasteiger partial charge is 0.246 e. The van der Waals surface area contributed by atoms with E-state index in [1.807, 2.05) is 24.3 Å². The van der Waals surface area contributed by atoms with E-state index in [2.05, 4.69) is 36.9 Å². The van der Waals surface area contributed by atoms with Crippen LogP contribution >= 0.6 is 0 Å². The molecule has 53 heavy (non-hydrogen) atoms. The molecule has 0 radical (unpaired) electrons. The fourth-order valence-electron chi connectivity index (χ4n) is 6.44.